The Bertz CT molecular complexity index is 1140. The average Bonchev–Trinajstić information content (AvgIpc) is 3.27. The first-order chi connectivity index (χ1) is 30.1. The predicted molar refractivity (Wildman–Crippen MR) is 240 cm³/mol. The second-order valence-corrected chi connectivity index (χ2v) is 17.6. The fourth-order valence-electron chi connectivity index (χ4n) is 8.06. The van der Waals surface area contributed by atoms with Crippen LogP contribution in [0.5, 0.6) is 0 Å². The zero-order chi connectivity index (χ0) is 45.4. The molecule has 2 aliphatic heterocycles. The fraction of sp³-hybridized carbons (Fsp3) is 0.896. The van der Waals surface area contributed by atoms with Gasteiger partial charge in [-0.05, 0) is 25.7 Å². The summed E-state index contributed by atoms with van der Waals surface area (Å²) in [5.74, 6) is -0.251. The Morgan fingerprint density at radius 2 is 1.03 bits per heavy atom. The summed E-state index contributed by atoms with van der Waals surface area (Å²) in [7, 11) is 0. The van der Waals surface area contributed by atoms with E-state index in [1.165, 1.54) is 103 Å². The Balaban J connectivity index is 1.78. The molecular formula is C48H89NO13. The van der Waals surface area contributed by atoms with Crippen molar-refractivity contribution in [3.63, 3.8) is 0 Å². The molecule has 14 heteroatoms. The van der Waals surface area contributed by atoms with Crippen molar-refractivity contribution >= 4 is 5.91 Å². The summed E-state index contributed by atoms with van der Waals surface area (Å²) < 4.78 is 22.6. The molecule has 0 radical (unpaired) electrons. The van der Waals surface area contributed by atoms with Gasteiger partial charge in [0.25, 0.3) is 0 Å². The molecule has 0 saturated carbocycles. The second kappa shape index (κ2) is 35.7. The van der Waals surface area contributed by atoms with Gasteiger partial charge < -0.3 is 65.1 Å². The number of amides is 1. The van der Waals surface area contributed by atoms with E-state index in [1.807, 2.05) is 6.08 Å². The van der Waals surface area contributed by atoms with Crippen LogP contribution in [0, 0.1) is 0 Å². The van der Waals surface area contributed by atoms with Crippen LogP contribution in [0.4, 0.5) is 0 Å². The largest absolute Gasteiger partial charge is 0.394 e. The predicted octanol–water partition coefficient (Wildman–Crippen LogP) is 5.77. The van der Waals surface area contributed by atoms with Gasteiger partial charge in [0.2, 0.25) is 5.91 Å². The summed E-state index contributed by atoms with van der Waals surface area (Å²) in [5.41, 5.74) is 0. The molecule has 62 heavy (non-hydrogen) atoms. The van der Waals surface area contributed by atoms with Gasteiger partial charge in [-0.25, -0.2) is 0 Å². The van der Waals surface area contributed by atoms with Gasteiger partial charge in [-0.1, -0.05) is 173 Å². The molecule has 2 saturated heterocycles. The van der Waals surface area contributed by atoms with Crippen molar-refractivity contribution in [2.45, 2.75) is 254 Å². The Hall–Kier alpha value is -1.53. The van der Waals surface area contributed by atoms with Crippen molar-refractivity contribution in [2.24, 2.45) is 0 Å². The van der Waals surface area contributed by atoms with Crippen molar-refractivity contribution in [1.29, 1.82) is 0 Å². The van der Waals surface area contributed by atoms with E-state index in [-0.39, 0.29) is 18.9 Å². The van der Waals surface area contributed by atoms with Crippen LogP contribution in [0.15, 0.2) is 24.3 Å². The Morgan fingerprint density at radius 1 is 0.565 bits per heavy atom. The molecule has 0 aromatic heterocycles. The molecule has 12 atom stereocenters. The van der Waals surface area contributed by atoms with Crippen LogP contribution in [-0.4, -0.2) is 140 Å². The SMILES string of the molecule is CCCC/C=C/CC/C=C/C(O)C(COC1OC(CO)C(OC2OC(CO)C(O)C(O)C2O)C(O)C1O)NC(=O)CCCCCCCCCCCCCCCCCCCCCC. The van der Waals surface area contributed by atoms with E-state index in [0.29, 0.717) is 12.8 Å². The molecule has 0 aliphatic carbocycles. The van der Waals surface area contributed by atoms with Gasteiger partial charge in [-0.15, -0.1) is 0 Å². The third kappa shape index (κ3) is 23.1. The van der Waals surface area contributed by atoms with Crippen LogP contribution < -0.4 is 5.32 Å². The van der Waals surface area contributed by atoms with Crippen molar-refractivity contribution in [3.8, 4) is 0 Å². The lowest BCUT2D eigenvalue weighted by atomic mass is 9.97. The molecular weight excluding hydrogens is 799 g/mol. The molecule has 2 aliphatic rings. The number of nitrogens with one attached hydrogen (secondary N) is 1. The van der Waals surface area contributed by atoms with E-state index in [2.05, 4.69) is 31.3 Å². The van der Waals surface area contributed by atoms with Crippen LogP contribution in [0.1, 0.15) is 181 Å². The lowest BCUT2D eigenvalue weighted by molar-refractivity contribution is -0.359. The highest BCUT2D eigenvalue weighted by Crippen LogP contribution is 2.30. The van der Waals surface area contributed by atoms with Crippen LogP contribution in [0.3, 0.4) is 0 Å². The fourth-order valence-corrected chi connectivity index (χ4v) is 8.06. The molecule has 14 nitrogen and oxygen atoms in total. The van der Waals surface area contributed by atoms with Crippen molar-refractivity contribution < 1.29 is 64.6 Å². The first-order valence-corrected chi connectivity index (χ1v) is 24.6. The van der Waals surface area contributed by atoms with E-state index >= 15 is 0 Å². The van der Waals surface area contributed by atoms with Crippen LogP contribution in [0.2, 0.25) is 0 Å². The molecule has 9 N–H and O–H groups in total. The van der Waals surface area contributed by atoms with Gasteiger partial charge in [0, 0.05) is 6.42 Å². The molecule has 12 unspecified atom stereocenters. The molecule has 2 heterocycles. The minimum atomic E-state index is -1.79. The first kappa shape index (κ1) is 56.6. The maximum Gasteiger partial charge on any atom is 0.220 e. The minimum Gasteiger partial charge on any atom is -0.394 e. The van der Waals surface area contributed by atoms with Crippen LogP contribution >= 0.6 is 0 Å². The van der Waals surface area contributed by atoms with E-state index in [0.717, 1.165) is 44.9 Å². The number of ether oxygens (including phenoxy) is 4. The molecule has 364 valence electrons. The highest BCUT2D eigenvalue weighted by molar-refractivity contribution is 5.76. The number of aliphatic hydroxyl groups is 8. The number of rotatable bonds is 37. The van der Waals surface area contributed by atoms with Crippen molar-refractivity contribution in [1.82, 2.24) is 5.32 Å². The maximum absolute atomic E-state index is 13.1. The smallest absolute Gasteiger partial charge is 0.220 e. The third-order valence-corrected chi connectivity index (χ3v) is 12.1. The Labute approximate surface area is 373 Å². The van der Waals surface area contributed by atoms with Gasteiger partial charge in [0.05, 0.1) is 32.0 Å². The van der Waals surface area contributed by atoms with Crippen LogP contribution in [0.25, 0.3) is 0 Å². The first-order valence-electron chi connectivity index (χ1n) is 24.6. The van der Waals surface area contributed by atoms with Gasteiger partial charge in [0.15, 0.2) is 12.6 Å². The zero-order valence-corrected chi connectivity index (χ0v) is 38.4. The molecule has 2 rings (SSSR count). The molecule has 0 aromatic carbocycles. The van der Waals surface area contributed by atoms with Gasteiger partial charge in [-0.2, -0.15) is 0 Å². The van der Waals surface area contributed by atoms with Gasteiger partial charge in [0.1, 0.15) is 48.8 Å². The number of aliphatic hydroxyl groups excluding tert-OH is 8. The monoisotopic (exact) mass is 888 g/mol. The third-order valence-electron chi connectivity index (χ3n) is 12.1. The number of allylic oxidation sites excluding steroid dienone is 3. The average molecular weight is 888 g/mol. The Morgan fingerprint density at radius 3 is 1.56 bits per heavy atom. The standard InChI is InChI=1S/C48H89NO13/c1-3-5-7-9-11-13-14-15-16-17-18-19-20-21-22-23-24-26-28-30-32-40(53)49-36(37(52)31-29-27-25-12-10-8-6-4-2)35-59-47-45(58)43(56)46(39(34-51)61-47)62-48-44(57)42(55)41(54)38(33-50)60-48/h10,12,29,31,36-39,41-48,50-52,54-58H,3-9,11,13-28,30,32-35H2,1-2H3,(H,49,53)/b12-10+,31-29+. The summed E-state index contributed by atoms with van der Waals surface area (Å²) in [5, 5.41) is 86.3. The summed E-state index contributed by atoms with van der Waals surface area (Å²) >= 11 is 0. The quantitative estimate of drug-likeness (QED) is 0.0267. The lowest BCUT2D eigenvalue weighted by Crippen LogP contribution is -2.65. The summed E-state index contributed by atoms with van der Waals surface area (Å²) in [6, 6.07) is -0.924. The number of carbonyl (C=O) groups is 1. The lowest BCUT2D eigenvalue weighted by Gasteiger charge is -2.46. The molecule has 2 fully saturated rings. The van der Waals surface area contributed by atoms with E-state index in [9.17, 15) is 45.6 Å². The number of carbonyl (C=O) groups excluding carboxylic acids is 1. The maximum atomic E-state index is 13.1. The molecule has 1 amide bonds. The van der Waals surface area contributed by atoms with Crippen LogP contribution in [-0.2, 0) is 23.7 Å². The number of hydrogen-bond acceptors (Lipinski definition) is 13. The van der Waals surface area contributed by atoms with Crippen molar-refractivity contribution in [3.05, 3.63) is 24.3 Å². The second-order valence-electron chi connectivity index (χ2n) is 17.6. The van der Waals surface area contributed by atoms with Gasteiger partial charge in [-0.3, -0.25) is 4.79 Å². The van der Waals surface area contributed by atoms with E-state index < -0.39 is 86.8 Å². The summed E-state index contributed by atoms with van der Waals surface area (Å²) in [6.45, 7) is 2.68. The topological polar surface area (TPSA) is 228 Å². The zero-order valence-electron chi connectivity index (χ0n) is 38.4. The van der Waals surface area contributed by atoms with Gasteiger partial charge >= 0.3 is 0 Å². The molecule has 0 bridgehead atoms. The highest BCUT2D eigenvalue weighted by atomic mass is 16.7. The number of unbranched alkanes of at least 4 members (excludes halogenated alkanes) is 22. The number of hydrogen-bond donors (Lipinski definition) is 9. The normalized spacial score (nSPS) is 27.9. The summed E-state index contributed by atoms with van der Waals surface area (Å²) in [6.07, 6.45) is 21.1. The molecule has 0 aromatic rings. The Kier molecular flexibility index (Phi) is 32.6. The molecule has 0 spiro atoms. The van der Waals surface area contributed by atoms with Crippen molar-refractivity contribution in [2.75, 3.05) is 19.8 Å². The van der Waals surface area contributed by atoms with E-state index in [4.69, 9.17) is 18.9 Å². The highest BCUT2D eigenvalue weighted by Gasteiger charge is 2.51. The minimum absolute atomic E-state index is 0.251. The summed E-state index contributed by atoms with van der Waals surface area (Å²) in [4.78, 5) is 13.1. The van der Waals surface area contributed by atoms with E-state index in [1.54, 1.807) is 6.08 Å².